The molecule has 0 radical (unpaired) electrons. The van der Waals surface area contributed by atoms with Crippen molar-refractivity contribution in [2.75, 3.05) is 7.11 Å². The number of H-pyrrole nitrogens is 1. The van der Waals surface area contributed by atoms with E-state index in [-0.39, 0.29) is 16.4 Å². The van der Waals surface area contributed by atoms with Crippen LogP contribution in [0.5, 0.6) is 11.5 Å². The van der Waals surface area contributed by atoms with Crippen LogP contribution in [0.15, 0.2) is 76.7 Å². The number of ether oxygens (including phenoxy) is 1. The quantitative estimate of drug-likeness (QED) is 0.223. The van der Waals surface area contributed by atoms with E-state index in [1.807, 2.05) is 43.3 Å². The Morgan fingerprint density at radius 2 is 1.79 bits per heavy atom. The molecule has 0 aliphatic rings. The summed E-state index contributed by atoms with van der Waals surface area (Å²) >= 11 is 5.30. The van der Waals surface area contributed by atoms with Gasteiger partial charge in [0.05, 0.1) is 13.3 Å². The summed E-state index contributed by atoms with van der Waals surface area (Å²) in [4.78, 5) is 0.114. The zero-order chi connectivity index (χ0) is 24.3. The molecule has 1 N–H and O–H groups in total. The van der Waals surface area contributed by atoms with Crippen molar-refractivity contribution in [3.63, 3.8) is 0 Å². The summed E-state index contributed by atoms with van der Waals surface area (Å²) in [6.07, 6.45) is 1.57. The van der Waals surface area contributed by atoms with Gasteiger partial charge in [-0.05, 0) is 67.0 Å². The summed E-state index contributed by atoms with van der Waals surface area (Å²) in [7, 11) is -2.61. The molecule has 0 amide bonds. The maximum Gasteiger partial charge on any atom is 0.339 e. The van der Waals surface area contributed by atoms with Crippen LogP contribution < -0.4 is 8.92 Å². The van der Waals surface area contributed by atoms with Gasteiger partial charge in [0.2, 0.25) is 4.77 Å². The first-order valence-corrected chi connectivity index (χ1v) is 12.1. The van der Waals surface area contributed by atoms with Gasteiger partial charge < -0.3 is 8.92 Å². The number of hydrogen-bond donors (Lipinski definition) is 1. The highest BCUT2D eigenvalue weighted by molar-refractivity contribution is 7.87. The third-order valence-corrected chi connectivity index (χ3v) is 6.65. The molecule has 174 valence electrons. The molecule has 34 heavy (non-hydrogen) atoms. The summed E-state index contributed by atoms with van der Waals surface area (Å²) in [5.74, 6) is 0.885. The van der Waals surface area contributed by atoms with Gasteiger partial charge in [-0.1, -0.05) is 42.5 Å². The summed E-state index contributed by atoms with van der Waals surface area (Å²) < 4.78 is 38.4. The molecule has 0 atom stereocenters. The first kappa shape index (κ1) is 23.4. The van der Waals surface area contributed by atoms with E-state index in [0.717, 1.165) is 11.1 Å². The Labute approximate surface area is 202 Å². The Bertz CT molecular complexity index is 1520. The van der Waals surface area contributed by atoms with Crippen molar-refractivity contribution in [1.29, 1.82) is 0 Å². The highest BCUT2D eigenvalue weighted by Gasteiger charge is 2.21. The summed E-state index contributed by atoms with van der Waals surface area (Å²) in [5, 5.41) is 11.4. The number of nitrogens with one attached hydrogen (secondary N) is 1. The lowest BCUT2D eigenvalue weighted by Crippen LogP contribution is -2.12. The van der Waals surface area contributed by atoms with Crippen molar-refractivity contribution in [1.82, 2.24) is 14.9 Å². The molecule has 0 aliphatic carbocycles. The van der Waals surface area contributed by atoms with Crippen LogP contribution in [0.3, 0.4) is 0 Å². The highest BCUT2D eigenvalue weighted by Crippen LogP contribution is 2.31. The zero-order valence-corrected chi connectivity index (χ0v) is 20.4. The van der Waals surface area contributed by atoms with Crippen LogP contribution in [-0.4, -0.2) is 36.6 Å². The number of aromatic nitrogens is 3. The van der Waals surface area contributed by atoms with Crippen LogP contribution in [0.2, 0.25) is 0 Å². The second kappa shape index (κ2) is 9.62. The third-order valence-electron chi connectivity index (χ3n) is 5.00. The number of nitrogens with zero attached hydrogens (tertiary/aromatic N) is 3. The number of rotatable bonds is 7. The Morgan fingerprint density at radius 3 is 2.53 bits per heavy atom. The van der Waals surface area contributed by atoms with Crippen LogP contribution in [-0.2, 0) is 10.1 Å². The molecule has 0 bridgehead atoms. The highest BCUT2D eigenvalue weighted by atomic mass is 32.2. The summed E-state index contributed by atoms with van der Waals surface area (Å²) in [6.45, 7) is 3.54. The predicted molar refractivity (Wildman–Crippen MR) is 133 cm³/mol. The predicted octanol–water partition coefficient (Wildman–Crippen LogP) is 4.88. The van der Waals surface area contributed by atoms with E-state index >= 15 is 0 Å². The molecule has 10 heteroatoms. The van der Waals surface area contributed by atoms with Crippen molar-refractivity contribution < 1.29 is 17.3 Å². The number of methoxy groups -OCH3 is 1. The minimum absolute atomic E-state index is 0.0745. The number of aryl methyl sites for hydroxylation is 2. The molecule has 8 nitrogen and oxygen atoms in total. The molecule has 1 aromatic heterocycles. The zero-order valence-electron chi connectivity index (χ0n) is 18.7. The maximum atomic E-state index is 12.9. The van der Waals surface area contributed by atoms with E-state index in [0.29, 0.717) is 21.7 Å². The molecule has 0 saturated heterocycles. The first-order chi connectivity index (χ1) is 16.3. The van der Waals surface area contributed by atoms with E-state index in [9.17, 15) is 8.42 Å². The number of benzene rings is 3. The monoisotopic (exact) mass is 494 g/mol. The van der Waals surface area contributed by atoms with E-state index in [1.54, 1.807) is 37.4 Å². The Kier molecular flexibility index (Phi) is 6.62. The molecule has 0 spiro atoms. The third kappa shape index (κ3) is 4.92. The largest absolute Gasteiger partial charge is 0.493 e. The van der Waals surface area contributed by atoms with Gasteiger partial charge in [-0.15, -0.1) is 0 Å². The average Bonchev–Trinajstić information content (AvgIpc) is 3.20. The molecule has 0 unspecified atom stereocenters. The first-order valence-electron chi connectivity index (χ1n) is 10.3. The molecular weight excluding hydrogens is 472 g/mol. The van der Waals surface area contributed by atoms with Gasteiger partial charge in [-0.25, -0.2) is 5.10 Å². The minimum Gasteiger partial charge on any atom is -0.493 e. The van der Waals surface area contributed by atoms with Crippen molar-refractivity contribution in [3.05, 3.63) is 88.2 Å². The molecular formula is C24H22N4O4S2. The van der Waals surface area contributed by atoms with Gasteiger partial charge >= 0.3 is 10.1 Å². The fourth-order valence-electron chi connectivity index (χ4n) is 3.27. The lowest BCUT2D eigenvalue weighted by Gasteiger charge is -2.13. The van der Waals surface area contributed by atoms with Gasteiger partial charge in [-0.2, -0.15) is 23.3 Å². The smallest absolute Gasteiger partial charge is 0.339 e. The topological polar surface area (TPSA) is 98.6 Å². The van der Waals surface area contributed by atoms with Crippen LogP contribution in [0, 0.1) is 18.6 Å². The van der Waals surface area contributed by atoms with Gasteiger partial charge in [0, 0.05) is 5.56 Å². The minimum atomic E-state index is -4.05. The van der Waals surface area contributed by atoms with E-state index in [2.05, 4.69) is 15.3 Å². The van der Waals surface area contributed by atoms with Gasteiger partial charge in [0.15, 0.2) is 17.3 Å². The maximum absolute atomic E-state index is 12.9. The van der Waals surface area contributed by atoms with Crippen molar-refractivity contribution in [2.24, 2.45) is 5.10 Å². The van der Waals surface area contributed by atoms with Crippen molar-refractivity contribution in [3.8, 4) is 22.9 Å². The van der Waals surface area contributed by atoms with E-state index < -0.39 is 10.1 Å². The Morgan fingerprint density at radius 1 is 1.03 bits per heavy atom. The van der Waals surface area contributed by atoms with Crippen molar-refractivity contribution in [2.45, 2.75) is 18.7 Å². The lowest BCUT2D eigenvalue weighted by molar-refractivity contribution is 0.390. The second-order valence-corrected chi connectivity index (χ2v) is 9.39. The van der Waals surface area contributed by atoms with Crippen LogP contribution in [0.1, 0.15) is 16.7 Å². The fourth-order valence-corrected chi connectivity index (χ4v) is 4.71. The number of hydrogen-bond acceptors (Lipinski definition) is 7. The molecule has 4 rings (SSSR count). The van der Waals surface area contributed by atoms with E-state index in [4.69, 9.17) is 21.1 Å². The Balaban J connectivity index is 1.63. The number of aromatic amines is 1. The molecule has 0 aliphatic heterocycles. The lowest BCUT2D eigenvalue weighted by atomic mass is 10.2. The van der Waals surface area contributed by atoms with Crippen LogP contribution in [0.25, 0.3) is 11.4 Å². The summed E-state index contributed by atoms with van der Waals surface area (Å²) in [5.41, 5.74) is 2.92. The molecule has 0 fully saturated rings. The SMILES string of the molecule is COc1cc(/C=N/n2c(-c3ccccc3)n[nH]c2=S)ccc1OS(=O)(=O)c1cc(C)ccc1C. The Hall–Kier alpha value is -3.76. The van der Waals surface area contributed by atoms with E-state index in [1.165, 1.54) is 17.9 Å². The van der Waals surface area contributed by atoms with Crippen LogP contribution in [0.4, 0.5) is 0 Å². The van der Waals surface area contributed by atoms with Gasteiger partial charge in [-0.3, -0.25) is 0 Å². The fraction of sp³-hybridized carbons (Fsp3) is 0.125. The molecule has 4 aromatic rings. The van der Waals surface area contributed by atoms with Crippen molar-refractivity contribution >= 4 is 28.6 Å². The summed E-state index contributed by atoms with van der Waals surface area (Å²) in [6, 6.07) is 19.5. The standard InChI is InChI=1S/C24H22N4O4S2/c1-16-9-10-17(2)22(13-16)34(29,30)32-20-12-11-18(14-21(20)31-3)15-25-28-23(26-27-24(28)33)19-7-5-4-6-8-19/h4-15H,1-3H3,(H,27,33)/b25-15+. The molecule has 0 saturated carbocycles. The molecule has 3 aromatic carbocycles. The normalized spacial score (nSPS) is 11.6. The van der Waals surface area contributed by atoms with Gasteiger partial charge in [0.1, 0.15) is 4.90 Å². The van der Waals surface area contributed by atoms with Crippen LogP contribution >= 0.6 is 12.2 Å². The second-order valence-electron chi connectivity index (χ2n) is 7.49. The average molecular weight is 495 g/mol. The molecule has 1 heterocycles. The van der Waals surface area contributed by atoms with Gasteiger partial charge in [0.25, 0.3) is 0 Å².